The van der Waals surface area contributed by atoms with E-state index in [0.29, 0.717) is 17.8 Å². The molecule has 88 valence electrons. The highest BCUT2D eigenvalue weighted by Crippen LogP contribution is 2.08. The molecule has 0 aliphatic rings. The first-order chi connectivity index (χ1) is 8.22. The molecule has 2 heterocycles. The number of rotatable bonds is 3. The quantitative estimate of drug-likeness (QED) is 0.450. The zero-order chi connectivity index (χ0) is 12.3. The second-order valence-electron chi connectivity index (χ2n) is 3.57. The Bertz CT molecular complexity index is 534. The van der Waals surface area contributed by atoms with Crippen LogP contribution in [-0.4, -0.2) is 20.4 Å². The first-order valence-corrected chi connectivity index (χ1v) is 5.15. The van der Waals surface area contributed by atoms with Crippen LogP contribution in [-0.2, 0) is 6.54 Å². The largest absolute Gasteiger partial charge is 0.329 e. The summed E-state index contributed by atoms with van der Waals surface area (Å²) in [6.07, 6.45) is 5.20. The van der Waals surface area contributed by atoms with Crippen LogP contribution in [0.1, 0.15) is 21.9 Å². The highest BCUT2D eigenvalue weighted by Gasteiger charge is 2.11. The Morgan fingerprint density at radius 2 is 2.29 bits per heavy atom. The van der Waals surface area contributed by atoms with Gasteiger partial charge in [0.1, 0.15) is 5.82 Å². The third-order valence-electron chi connectivity index (χ3n) is 2.51. The summed E-state index contributed by atoms with van der Waals surface area (Å²) in [7, 11) is 0. The van der Waals surface area contributed by atoms with Crippen LogP contribution >= 0.6 is 0 Å². The molecule has 2 aromatic rings. The zero-order valence-corrected chi connectivity index (χ0v) is 9.42. The van der Waals surface area contributed by atoms with E-state index in [2.05, 4.69) is 15.4 Å². The number of nitrogens with two attached hydrogens (primary N) is 1. The van der Waals surface area contributed by atoms with E-state index in [1.54, 1.807) is 24.5 Å². The lowest BCUT2D eigenvalue weighted by atomic mass is 10.2. The molecule has 0 unspecified atom stereocenters. The van der Waals surface area contributed by atoms with Crippen LogP contribution in [0.2, 0.25) is 0 Å². The molecule has 17 heavy (non-hydrogen) atoms. The molecule has 6 heteroatoms. The average molecular weight is 231 g/mol. The lowest BCUT2D eigenvalue weighted by molar-refractivity contribution is 0.0952. The topological polar surface area (TPSA) is 85.8 Å². The van der Waals surface area contributed by atoms with Crippen molar-refractivity contribution in [3.05, 3.63) is 47.8 Å². The third-order valence-corrected chi connectivity index (χ3v) is 2.51. The van der Waals surface area contributed by atoms with Gasteiger partial charge in [0, 0.05) is 18.6 Å². The van der Waals surface area contributed by atoms with E-state index in [1.165, 1.54) is 0 Å². The maximum atomic E-state index is 11.5. The summed E-state index contributed by atoms with van der Waals surface area (Å²) in [5, 5.41) is 0. The van der Waals surface area contributed by atoms with Crippen LogP contribution in [0, 0.1) is 6.92 Å². The fraction of sp³-hybridized carbons (Fsp3) is 0.182. The Morgan fingerprint density at radius 1 is 1.47 bits per heavy atom. The summed E-state index contributed by atoms with van der Waals surface area (Å²) >= 11 is 0. The standard InChI is InChI=1S/C11H13N5O/c1-8-13-5-6-16(8)7-10-9(11(17)15-12)3-2-4-14-10/h2-6H,7,12H2,1H3,(H,15,17). The lowest BCUT2D eigenvalue weighted by Crippen LogP contribution is -2.31. The van der Waals surface area contributed by atoms with Crippen molar-refractivity contribution in [2.45, 2.75) is 13.5 Å². The lowest BCUT2D eigenvalue weighted by Gasteiger charge is -2.08. The van der Waals surface area contributed by atoms with Crippen molar-refractivity contribution in [3.8, 4) is 0 Å². The highest BCUT2D eigenvalue weighted by atomic mass is 16.2. The number of hydrazine groups is 1. The Hall–Kier alpha value is -2.21. The molecule has 2 aromatic heterocycles. The SMILES string of the molecule is Cc1nccn1Cc1ncccc1C(=O)NN. The fourth-order valence-electron chi connectivity index (χ4n) is 1.58. The first-order valence-electron chi connectivity index (χ1n) is 5.15. The van der Waals surface area contributed by atoms with Gasteiger partial charge in [-0.3, -0.25) is 15.2 Å². The summed E-state index contributed by atoms with van der Waals surface area (Å²) in [6, 6.07) is 3.39. The number of imidazole rings is 1. The van der Waals surface area contributed by atoms with Gasteiger partial charge in [0.15, 0.2) is 0 Å². The van der Waals surface area contributed by atoms with Crippen LogP contribution in [0.3, 0.4) is 0 Å². The third kappa shape index (κ3) is 2.31. The number of aryl methyl sites for hydroxylation is 1. The number of pyridine rings is 1. The van der Waals surface area contributed by atoms with E-state index in [-0.39, 0.29) is 5.91 Å². The maximum Gasteiger partial charge on any atom is 0.267 e. The van der Waals surface area contributed by atoms with Crippen LogP contribution in [0.15, 0.2) is 30.7 Å². The van der Waals surface area contributed by atoms with Gasteiger partial charge in [0.25, 0.3) is 5.91 Å². The van der Waals surface area contributed by atoms with Crippen molar-refractivity contribution in [2.75, 3.05) is 0 Å². The van der Waals surface area contributed by atoms with Crippen molar-refractivity contribution in [1.82, 2.24) is 20.0 Å². The van der Waals surface area contributed by atoms with Gasteiger partial charge in [-0.25, -0.2) is 10.8 Å². The molecule has 0 atom stereocenters. The molecule has 0 saturated carbocycles. The summed E-state index contributed by atoms with van der Waals surface area (Å²) in [5.74, 6) is 5.66. The number of nitrogens with zero attached hydrogens (tertiary/aromatic N) is 3. The normalized spacial score (nSPS) is 10.2. The monoisotopic (exact) mass is 231 g/mol. The number of nitrogen functional groups attached to an aromatic ring is 1. The minimum absolute atomic E-state index is 0.342. The van der Waals surface area contributed by atoms with Crippen LogP contribution < -0.4 is 11.3 Å². The van der Waals surface area contributed by atoms with E-state index < -0.39 is 0 Å². The highest BCUT2D eigenvalue weighted by molar-refractivity contribution is 5.94. The van der Waals surface area contributed by atoms with Gasteiger partial charge < -0.3 is 4.57 Å². The molecule has 2 rings (SSSR count). The van der Waals surface area contributed by atoms with Gasteiger partial charge in [0.05, 0.1) is 17.8 Å². The van der Waals surface area contributed by atoms with Crippen LogP contribution in [0.5, 0.6) is 0 Å². The van der Waals surface area contributed by atoms with E-state index in [1.807, 2.05) is 17.7 Å². The number of carbonyl (C=O) groups is 1. The van der Waals surface area contributed by atoms with Gasteiger partial charge in [-0.1, -0.05) is 0 Å². The smallest absolute Gasteiger partial charge is 0.267 e. The summed E-state index contributed by atoms with van der Waals surface area (Å²) in [6.45, 7) is 2.39. The Kier molecular flexibility index (Phi) is 3.15. The molecule has 6 nitrogen and oxygen atoms in total. The molecule has 0 aliphatic heterocycles. The fourth-order valence-corrected chi connectivity index (χ4v) is 1.58. The van der Waals surface area contributed by atoms with Gasteiger partial charge in [0.2, 0.25) is 0 Å². The Morgan fingerprint density at radius 3 is 2.94 bits per heavy atom. The number of carbonyl (C=O) groups excluding carboxylic acids is 1. The molecule has 0 spiro atoms. The molecule has 0 saturated heterocycles. The summed E-state index contributed by atoms with van der Waals surface area (Å²) in [4.78, 5) is 19.9. The number of amides is 1. The summed E-state index contributed by atoms with van der Waals surface area (Å²) in [5.41, 5.74) is 3.25. The minimum Gasteiger partial charge on any atom is -0.329 e. The Labute approximate surface area is 98.5 Å². The molecule has 0 radical (unpaired) electrons. The van der Waals surface area contributed by atoms with Gasteiger partial charge in [-0.05, 0) is 19.1 Å². The molecular weight excluding hydrogens is 218 g/mol. The Balaban J connectivity index is 2.33. The molecule has 3 N–H and O–H groups in total. The van der Waals surface area contributed by atoms with E-state index in [9.17, 15) is 4.79 Å². The van der Waals surface area contributed by atoms with Crippen molar-refractivity contribution in [1.29, 1.82) is 0 Å². The predicted octanol–water partition coefficient (Wildman–Crippen LogP) is 0.238. The minimum atomic E-state index is -0.342. The second kappa shape index (κ2) is 4.75. The number of aromatic nitrogens is 3. The number of nitrogens with one attached hydrogen (secondary N) is 1. The van der Waals surface area contributed by atoms with E-state index in [4.69, 9.17) is 5.84 Å². The van der Waals surface area contributed by atoms with Gasteiger partial charge in [-0.2, -0.15) is 0 Å². The van der Waals surface area contributed by atoms with Gasteiger partial charge in [-0.15, -0.1) is 0 Å². The molecule has 0 aromatic carbocycles. The van der Waals surface area contributed by atoms with Crippen molar-refractivity contribution < 1.29 is 4.79 Å². The zero-order valence-electron chi connectivity index (χ0n) is 9.42. The second-order valence-corrected chi connectivity index (χ2v) is 3.57. The van der Waals surface area contributed by atoms with Crippen LogP contribution in [0.25, 0.3) is 0 Å². The van der Waals surface area contributed by atoms with Crippen molar-refractivity contribution in [2.24, 2.45) is 5.84 Å². The number of hydrogen-bond donors (Lipinski definition) is 2. The van der Waals surface area contributed by atoms with E-state index >= 15 is 0 Å². The first kappa shape index (κ1) is 11.3. The average Bonchev–Trinajstić information content (AvgIpc) is 2.75. The van der Waals surface area contributed by atoms with E-state index in [0.717, 1.165) is 5.82 Å². The number of hydrogen-bond acceptors (Lipinski definition) is 4. The molecule has 0 bridgehead atoms. The molecule has 1 amide bonds. The molecular formula is C11H13N5O. The molecule has 0 aliphatic carbocycles. The van der Waals surface area contributed by atoms with Gasteiger partial charge >= 0.3 is 0 Å². The maximum absolute atomic E-state index is 11.5. The van der Waals surface area contributed by atoms with Crippen molar-refractivity contribution >= 4 is 5.91 Å². The van der Waals surface area contributed by atoms with Crippen LogP contribution in [0.4, 0.5) is 0 Å². The predicted molar refractivity (Wildman–Crippen MR) is 62.0 cm³/mol. The molecule has 0 fully saturated rings. The summed E-state index contributed by atoms with van der Waals surface area (Å²) < 4.78 is 1.91. The van der Waals surface area contributed by atoms with Crippen molar-refractivity contribution in [3.63, 3.8) is 0 Å².